The van der Waals surface area contributed by atoms with Gasteiger partial charge < -0.3 is 133 Å². The highest BCUT2D eigenvalue weighted by Crippen LogP contribution is 2.45. The zero-order valence-corrected chi connectivity index (χ0v) is 54.8. The van der Waals surface area contributed by atoms with E-state index in [-0.39, 0.29) is 85.1 Å². The van der Waals surface area contributed by atoms with Gasteiger partial charge in [-0.3, -0.25) is 46.1 Å². The third kappa shape index (κ3) is 32.2. The second kappa shape index (κ2) is 42.8. The van der Waals surface area contributed by atoms with Gasteiger partial charge in [-0.15, -0.1) is 0 Å². The lowest BCUT2D eigenvalue weighted by Gasteiger charge is -2.42. The zero-order valence-electron chi connectivity index (χ0n) is 51.2. The van der Waals surface area contributed by atoms with Gasteiger partial charge in [-0.05, 0) is 25.7 Å². The summed E-state index contributed by atoms with van der Waals surface area (Å²) in [4.78, 5) is 75.8. The van der Waals surface area contributed by atoms with E-state index in [1.54, 1.807) is 0 Å². The van der Waals surface area contributed by atoms with Crippen LogP contribution in [0, 0.1) is 5.41 Å². The molecule has 3 saturated heterocycles. The number of phosphoric ester groups is 3. The molecule has 0 aromatic rings. The molecule has 3 heterocycles. The minimum atomic E-state index is -4.75. The number of carbonyl (C=O) groups is 3. The highest BCUT2D eigenvalue weighted by atomic mass is 31.2. The predicted octanol–water partition coefficient (Wildman–Crippen LogP) is -5.29. The van der Waals surface area contributed by atoms with Crippen LogP contribution < -0.4 is 16.0 Å². The summed E-state index contributed by atoms with van der Waals surface area (Å²) >= 11 is 0. The number of nitrogens with one attached hydrogen (secondary N) is 3. The molecule has 0 aromatic carbocycles. The molecule has 4 unspecified atom stereocenters. The summed E-state index contributed by atoms with van der Waals surface area (Å²) in [5.41, 5.74) is -1.24. The smallest absolute Gasteiger partial charge is 0.394 e. The van der Waals surface area contributed by atoms with Crippen LogP contribution in [0.5, 0.6) is 0 Å². The molecule has 40 nitrogen and oxygen atoms in total. The lowest BCUT2D eigenvalue weighted by Crippen LogP contribution is -2.64. The third-order valence-corrected chi connectivity index (χ3v) is 16.8. The van der Waals surface area contributed by atoms with Crippen LogP contribution in [-0.4, -0.2) is 321 Å². The number of phosphoric acid groups is 3. The molecule has 92 heavy (non-hydrogen) atoms. The van der Waals surface area contributed by atoms with E-state index in [1.165, 1.54) is 0 Å². The van der Waals surface area contributed by atoms with Gasteiger partial charge in [-0.2, -0.15) is 0 Å². The molecule has 19 atom stereocenters. The fraction of sp³-hybridized carbons (Fsp3) is 0.938. The molecular formula is C48H93N3O37P4. The van der Waals surface area contributed by atoms with Gasteiger partial charge in [0.15, 0.2) is 18.9 Å². The van der Waals surface area contributed by atoms with Crippen molar-refractivity contribution in [1.82, 2.24) is 16.0 Å². The largest absolute Gasteiger partial charge is 0.472 e. The summed E-state index contributed by atoms with van der Waals surface area (Å²) < 4.78 is 142. The van der Waals surface area contributed by atoms with Gasteiger partial charge in [0.1, 0.15) is 73.1 Å². The summed E-state index contributed by atoms with van der Waals surface area (Å²) in [6.07, 6.45) is -17.6. The Bertz CT molecular complexity index is 2100. The van der Waals surface area contributed by atoms with E-state index in [9.17, 15) is 98.2 Å². The molecule has 0 bridgehead atoms. The van der Waals surface area contributed by atoms with E-state index in [0.717, 1.165) is 27.4 Å². The molecule has 3 amide bonds. The zero-order chi connectivity index (χ0) is 68.7. The molecule has 0 aliphatic carbocycles. The van der Waals surface area contributed by atoms with Crippen LogP contribution in [0.4, 0.5) is 0 Å². The molecule has 0 spiro atoms. The van der Waals surface area contributed by atoms with Gasteiger partial charge in [-0.1, -0.05) is 0 Å². The van der Waals surface area contributed by atoms with Gasteiger partial charge in [0.2, 0.25) is 17.7 Å². The second-order valence-corrected chi connectivity index (χ2v) is 27.3. The van der Waals surface area contributed by atoms with Gasteiger partial charge >= 0.3 is 31.1 Å². The Balaban J connectivity index is 1.62. The summed E-state index contributed by atoms with van der Waals surface area (Å²) in [7, 11) is -18.1. The van der Waals surface area contributed by atoms with E-state index >= 15 is 0 Å². The SMILES string of the molecule is CC(=O)N[C@H]1[C@H](OCCOP(=O)(O)OCCCOCC(COCCCOP(C)(=O)O)(COCCCOP(=O)(O)OCCO[C@@H]2O[C@H](CO)[C@H](O)[C@H](O)[C@H]2NC(C)=O)COCCCOP(=O)(O)OCCO[C@@H]2O[C@H](CO)[C@H](O)[C@H](O)[C@H]2NC(C)=O)O[C@H](CO)[C@H](O)[C@@H]1O. The Morgan fingerprint density at radius 2 is 0.620 bits per heavy atom. The number of hydrogen-bond donors (Lipinski definition) is 16. The molecule has 44 heteroatoms. The topological polar surface area (TPSA) is 575 Å². The van der Waals surface area contributed by atoms with Crippen LogP contribution in [-0.2, 0) is 112 Å². The maximum absolute atomic E-state index is 12.7. The Labute approximate surface area is 529 Å². The lowest BCUT2D eigenvalue weighted by molar-refractivity contribution is -0.271. The van der Waals surface area contributed by atoms with Crippen molar-refractivity contribution in [2.45, 2.75) is 138 Å². The summed E-state index contributed by atoms with van der Waals surface area (Å²) in [5, 5.41) is 97.8. The highest BCUT2D eigenvalue weighted by molar-refractivity contribution is 7.51. The molecule has 0 radical (unpaired) electrons. The number of carbonyl (C=O) groups excluding carboxylic acids is 3. The molecular weight excluding hydrogens is 1330 g/mol. The molecule has 3 fully saturated rings. The van der Waals surface area contributed by atoms with Crippen LogP contribution >= 0.6 is 31.1 Å². The lowest BCUT2D eigenvalue weighted by atomic mass is 9.92. The van der Waals surface area contributed by atoms with Crippen LogP contribution in [0.3, 0.4) is 0 Å². The minimum absolute atomic E-state index is 0.0258. The van der Waals surface area contributed by atoms with Crippen molar-refractivity contribution in [2.75, 3.05) is 145 Å². The van der Waals surface area contributed by atoms with Crippen LogP contribution in [0.1, 0.15) is 46.5 Å². The van der Waals surface area contributed by atoms with Crippen molar-refractivity contribution in [2.24, 2.45) is 5.41 Å². The van der Waals surface area contributed by atoms with Crippen molar-refractivity contribution < 1.29 is 177 Å². The minimum Gasteiger partial charge on any atom is -0.394 e. The Morgan fingerprint density at radius 3 is 0.848 bits per heavy atom. The normalized spacial score (nSPS) is 30.2. The van der Waals surface area contributed by atoms with E-state index in [2.05, 4.69) is 16.0 Å². The van der Waals surface area contributed by atoms with Crippen molar-refractivity contribution in [1.29, 1.82) is 0 Å². The quantitative estimate of drug-likeness (QED) is 0.0200. The molecule has 3 aliphatic heterocycles. The van der Waals surface area contributed by atoms with Crippen molar-refractivity contribution in [3.05, 3.63) is 0 Å². The number of amides is 3. The average Bonchev–Trinajstić information content (AvgIpc) is 0.880. The second-order valence-electron chi connectivity index (χ2n) is 21.1. The van der Waals surface area contributed by atoms with Gasteiger partial charge in [0, 0.05) is 53.9 Å². The molecule has 3 rings (SSSR count). The maximum atomic E-state index is 12.7. The predicted molar refractivity (Wildman–Crippen MR) is 305 cm³/mol. The standard InChI is InChI=1S/C48H93N3O37P4/c1-30(55)49-36-42(61)39(58)33(23-52)86-45(36)76-17-20-83-90(66,67)80-14-6-10-73-27-48(26-72-9-5-13-79-89(4,64)65,28-74-11-7-15-81-91(68,69)84-21-18-77-46-37(50-31(2)56)43(62)40(59)34(24-53)87-46)29-75-12-8-16-82-92(70,71)85-22-19-78-47-38(51-32(3)57)44(63)41(60)35(25-54)88-47/h33-47,52-54,58-63H,5-29H2,1-4H3,(H,49,55)(H,50,56)(H,51,57)(H,64,65)(H,66,67)(H,68,69)(H,70,71)/t33-,34-,35-,36-,37-,38-,39+,40+,41+,42-,43-,44-,45-,46-,47-/m1/s1. The van der Waals surface area contributed by atoms with Gasteiger partial charge in [0.25, 0.3) is 0 Å². The van der Waals surface area contributed by atoms with E-state index in [1.807, 2.05) is 0 Å². The molecule has 3 aliphatic rings. The summed E-state index contributed by atoms with van der Waals surface area (Å²) in [6, 6.07) is -3.86. The first-order valence-corrected chi connectivity index (χ1v) is 35.4. The average molecular weight is 1430 g/mol. The Morgan fingerprint density at radius 1 is 0.380 bits per heavy atom. The first-order valence-electron chi connectivity index (χ1n) is 28.9. The first kappa shape index (κ1) is 84.4. The number of hydrogen-bond acceptors (Lipinski definition) is 33. The number of rotatable bonds is 49. The fourth-order valence-corrected chi connectivity index (χ4v) is 11.4. The van der Waals surface area contributed by atoms with Crippen LogP contribution in [0.25, 0.3) is 0 Å². The van der Waals surface area contributed by atoms with Crippen LogP contribution in [0.2, 0.25) is 0 Å². The van der Waals surface area contributed by atoms with Crippen molar-refractivity contribution in [3.8, 4) is 0 Å². The first-order chi connectivity index (χ1) is 43.3. The molecule has 16 N–H and O–H groups in total. The number of ether oxygens (including phenoxy) is 10. The fourth-order valence-electron chi connectivity index (χ4n) is 8.72. The molecule has 0 saturated carbocycles. The number of aliphatic hydroxyl groups excluding tert-OH is 9. The molecule has 0 aromatic heterocycles. The Kier molecular flexibility index (Phi) is 39.3. The van der Waals surface area contributed by atoms with Gasteiger partial charge in [0.05, 0.1) is 118 Å². The summed E-state index contributed by atoms with van der Waals surface area (Å²) in [5.74, 6) is -1.83. The Hall–Kier alpha value is -1.87. The van der Waals surface area contributed by atoms with E-state index in [4.69, 9.17) is 79.0 Å². The van der Waals surface area contributed by atoms with Gasteiger partial charge in [-0.25, -0.2) is 13.7 Å². The summed E-state index contributed by atoms with van der Waals surface area (Å²) in [6.45, 7) is -3.54. The third-order valence-electron chi connectivity index (χ3n) is 13.1. The van der Waals surface area contributed by atoms with E-state index in [0.29, 0.717) is 0 Å². The maximum Gasteiger partial charge on any atom is 0.472 e. The number of aliphatic hydroxyl groups is 9. The monoisotopic (exact) mass is 1430 g/mol. The van der Waals surface area contributed by atoms with Crippen LogP contribution in [0.15, 0.2) is 0 Å². The van der Waals surface area contributed by atoms with E-state index < -0.39 is 225 Å². The highest BCUT2D eigenvalue weighted by Gasteiger charge is 2.48. The molecule has 542 valence electrons. The van der Waals surface area contributed by atoms with Crippen molar-refractivity contribution in [3.63, 3.8) is 0 Å². The van der Waals surface area contributed by atoms with Crippen molar-refractivity contribution >= 4 is 48.8 Å².